The van der Waals surface area contributed by atoms with Gasteiger partial charge in [0.2, 0.25) is 0 Å². The number of benzene rings is 1. The minimum Gasteiger partial charge on any atom is -0.487 e. The standard InChI is InChI=1S/C10H11F2NO/c1-6-5-13-8-3-2-7(10(11)12)4-9(8)14-6/h2-4,6,10,13H,5H2,1H3. The van der Waals surface area contributed by atoms with Crippen LogP contribution in [-0.2, 0) is 0 Å². The number of anilines is 1. The molecule has 0 saturated carbocycles. The van der Waals surface area contributed by atoms with Crippen LogP contribution in [-0.4, -0.2) is 12.6 Å². The number of rotatable bonds is 1. The van der Waals surface area contributed by atoms with E-state index in [-0.39, 0.29) is 11.7 Å². The van der Waals surface area contributed by atoms with Crippen LogP contribution >= 0.6 is 0 Å². The molecule has 1 aromatic rings. The summed E-state index contributed by atoms with van der Waals surface area (Å²) < 4.78 is 30.1. The fraction of sp³-hybridized carbons (Fsp3) is 0.400. The minimum atomic E-state index is -2.44. The minimum absolute atomic E-state index is 0.000324. The lowest BCUT2D eigenvalue weighted by atomic mass is 10.1. The Hall–Kier alpha value is -1.32. The lowest BCUT2D eigenvalue weighted by molar-refractivity contribution is 0.150. The highest BCUT2D eigenvalue weighted by Gasteiger charge is 2.17. The molecule has 2 rings (SSSR count). The average molecular weight is 199 g/mol. The molecule has 0 bridgehead atoms. The molecule has 0 radical (unpaired) electrons. The van der Waals surface area contributed by atoms with Crippen molar-refractivity contribution in [1.29, 1.82) is 0 Å². The van der Waals surface area contributed by atoms with Gasteiger partial charge in [0.25, 0.3) is 6.43 Å². The van der Waals surface area contributed by atoms with E-state index >= 15 is 0 Å². The summed E-state index contributed by atoms with van der Waals surface area (Å²) in [4.78, 5) is 0. The van der Waals surface area contributed by atoms with Gasteiger partial charge in [-0.15, -0.1) is 0 Å². The molecule has 1 aliphatic heterocycles. The molecular formula is C10H11F2NO. The highest BCUT2D eigenvalue weighted by atomic mass is 19.3. The van der Waals surface area contributed by atoms with Crippen LogP contribution in [0.4, 0.5) is 14.5 Å². The SMILES string of the molecule is CC1CNc2ccc(C(F)F)cc2O1. The molecule has 1 N–H and O–H groups in total. The Kier molecular flexibility index (Phi) is 2.27. The van der Waals surface area contributed by atoms with Crippen LogP contribution in [0.1, 0.15) is 18.9 Å². The van der Waals surface area contributed by atoms with Crippen molar-refractivity contribution in [1.82, 2.24) is 0 Å². The number of nitrogens with one attached hydrogen (secondary N) is 1. The van der Waals surface area contributed by atoms with Gasteiger partial charge >= 0.3 is 0 Å². The van der Waals surface area contributed by atoms with Gasteiger partial charge in [-0.25, -0.2) is 8.78 Å². The smallest absolute Gasteiger partial charge is 0.263 e. The predicted molar refractivity (Wildman–Crippen MR) is 50.0 cm³/mol. The monoisotopic (exact) mass is 199 g/mol. The zero-order valence-corrected chi connectivity index (χ0v) is 7.76. The average Bonchev–Trinajstić information content (AvgIpc) is 2.16. The van der Waals surface area contributed by atoms with Crippen molar-refractivity contribution in [3.8, 4) is 5.75 Å². The van der Waals surface area contributed by atoms with Crippen LogP contribution in [0.25, 0.3) is 0 Å². The molecule has 1 unspecified atom stereocenters. The van der Waals surface area contributed by atoms with Gasteiger partial charge in [0, 0.05) is 5.56 Å². The first kappa shape index (κ1) is 9.24. The third kappa shape index (κ3) is 1.64. The summed E-state index contributed by atoms with van der Waals surface area (Å²) in [5.74, 6) is 0.515. The summed E-state index contributed by atoms with van der Waals surface area (Å²) in [6.45, 7) is 2.60. The van der Waals surface area contributed by atoms with Gasteiger partial charge in [0.05, 0.1) is 12.2 Å². The summed E-state index contributed by atoms with van der Waals surface area (Å²) in [6.07, 6.45) is -2.42. The molecule has 0 saturated heterocycles. The Labute approximate surface area is 80.9 Å². The van der Waals surface area contributed by atoms with Crippen LogP contribution < -0.4 is 10.1 Å². The van der Waals surface area contributed by atoms with E-state index in [4.69, 9.17) is 4.74 Å². The molecule has 0 aliphatic carbocycles. The molecule has 1 heterocycles. The van der Waals surface area contributed by atoms with Crippen molar-refractivity contribution in [2.75, 3.05) is 11.9 Å². The highest BCUT2D eigenvalue weighted by Crippen LogP contribution is 2.32. The summed E-state index contributed by atoms with van der Waals surface area (Å²) in [7, 11) is 0. The summed E-state index contributed by atoms with van der Waals surface area (Å²) in [5, 5.41) is 3.11. The van der Waals surface area contributed by atoms with E-state index in [0.717, 1.165) is 5.69 Å². The number of fused-ring (bicyclic) bond motifs is 1. The first-order valence-corrected chi connectivity index (χ1v) is 4.49. The van der Waals surface area contributed by atoms with Gasteiger partial charge in [-0.3, -0.25) is 0 Å². The molecule has 2 nitrogen and oxygen atoms in total. The second-order valence-corrected chi connectivity index (χ2v) is 3.37. The summed E-state index contributed by atoms with van der Waals surface area (Å²) in [5.41, 5.74) is 0.784. The molecule has 1 aromatic carbocycles. The van der Waals surface area contributed by atoms with E-state index in [1.54, 1.807) is 6.07 Å². The van der Waals surface area contributed by atoms with Gasteiger partial charge in [0.15, 0.2) is 0 Å². The second kappa shape index (κ2) is 3.44. The van der Waals surface area contributed by atoms with E-state index in [9.17, 15) is 8.78 Å². The Morgan fingerprint density at radius 3 is 3.00 bits per heavy atom. The molecule has 14 heavy (non-hydrogen) atoms. The maximum atomic E-state index is 12.4. The van der Waals surface area contributed by atoms with Gasteiger partial charge in [0.1, 0.15) is 11.9 Å². The van der Waals surface area contributed by atoms with E-state index in [2.05, 4.69) is 5.32 Å². The second-order valence-electron chi connectivity index (χ2n) is 3.37. The Morgan fingerprint density at radius 2 is 2.29 bits per heavy atom. The van der Waals surface area contributed by atoms with Crippen molar-refractivity contribution in [2.24, 2.45) is 0 Å². The van der Waals surface area contributed by atoms with Crippen molar-refractivity contribution in [3.05, 3.63) is 23.8 Å². The van der Waals surface area contributed by atoms with E-state index in [1.807, 2.05) is 6.92 Å². The molecule has 0 amide bonds. The Balaban J connectivity index is 2.33. The summed E-state index contributed by atoms with van der Waals surface area (Å²) >= 11 is 0. The Bertz CT molecular complexity index is 341. The zero-order valence-electron chi connectivity index (χ0n) is 7.76. The molecule has 4 heteroatoms. The molecular weight excluding hydrogens is 188 g/mol. The molecule has 1 aliphatic rings. The van der Waals surface area contributed by atoms with Crippen LogP contribution in [0.15, 0.2) is 18.2 Å². The largest absolute Gasteiger partial charge is 0.487 e. The lowest BCUT2D eigenvalue weighted by Gasteiger charge is -2.25. The number of ether oxygens (including phenoxy) is 1. The number of halogens is 2. The van der Waals surface area contributed by atoms with Crippen molar-refractivity contribution < 1.29 is 13.5 Å². The topological polar surface area (TPSA) is 21.3 Å². The van der Waals surface area contributed by atoms with Crippen LogP contribution in [0, 0.1) is 0 Å². The van der Waals surface area contributed by atoms with Crippen molar-refractivity contribution in [3.63, 3.8) is 0 Å². The van der Waals surface area contributed by atoms with Crippen molar-refractivity contribution in [2.45, 2.75) is 19.5 Å². The molecule has 76 valence electrons. The molecule has 0 spiro atoms. The first-order chi connectivity index (χ1) is 6.66. The maximum absolute atomic E-state index is 12.4. The first-order valence-electron chi connectivity index (χ1n) is 4.49. The van der Waals surface area contributed by atoms with Crippen LogP contribution in [0.5, 0.6) is 5.75 Å². The van der Waals surface area contributed by atoms with Crippen LogP contribution in [0.3, 0.4) is 0 Å². The third-order valence-electron chi connectivity index (χ3n) is 2.17. The van der Waals surface area contributed by atoms with Gasteiger partial charge < -0.3 is 10.1 Å². The molecule has 1 atom stereocenters. The van der Waals surface area contributed by atoms with Crippen LogP contribution in [0.2, 0.25) is 0 Å². The third-order valence-corrected chi connectivity index (χ3v) is 2.17. The van der Waals surface area contributed by atoms with E-state index in [0.29, 0.717) is 12.3 Å². The van der Waals surface area contributed by atoms with Gasteiger partial charge in [-0.05, 0) is 19.1 Å². The molecule has 0 aromatic heterocycles. The Morgan fingerprint density at radius 1 is 1.50 bits per heavy atom. The fourth-order valence-corrected chi connectivity index (χ4v) is 1.43. The van der Waals surface area contributed by atoms with E-state index < -0.39 is 6.43 Å². The normalized spacial score (nSPS) is 19.9. The summed E-state index contributed by atoms with van der Waals surface area (Å²) in [6, 6.07) is 4.43. The molecule has 0 fully saturated rings. The van der Waals surface area contributed by atoms with E-state index in [1.165, 1.54) is 12.1 Å². The highest BCUT2D eigenvalue weighted by molar-refractivity contribution is 5.59. The maximum Gasteiger partial charge on any atom is 0.263 e. The lowest BCUT2D eigenvalue weighted by Crippen LogP contribution is -2.27. The van der Waals surface area contributed by atoms with Crippen molar-refractivity contribution >= 4 is 5.69 Å². The predicted octanol–water partition coefficient (Wildman–Crippen LogP) is 2.82. The van der Waals surface area contributed by atoms with Gasteiger partial charge in [-0.2, -0.15) is 0 Å². The quantitative estimate of drug-likeness (QED) is 0.750. The number of hydrogen-bond donors (Lipinski definition) is 1. The fourth-order valence-electron chi connectivity index (χ4n) is 1.43. The van der Waals surface area contributed by atoms with Gasteiger partial charge in [-0.1, -0.05) is 6.07 Å². The number of alkyl halides is 2. The number of hydrogen-bond acceptors (Lipinski definition) is 2. The zero-order chi connectivity index (χ0) is 10.1.